The highest BCUT2D eigenvalue weighted by atomic mass is 79.9. The van der Waals surface area contributed by atoms with Gasteiger partial charge in [-0.15, -0.1) is 0 Å². The first-order chi connectivity index (χ1) is 9.24. The number of pyridine rings is 1. The lowest BCUT2D eigenvalue weighted by atomic mass is 10.0. The highest BCUT2D eigenvalue weighted by Crippen LogP contribution is 2.31. The van der Waals surface area contributed by atoms with Gasteiger partial charge in [0, 0.05) is 28.5 Å². The van der Waals surface area contributed by atoms with E-state index in [0.29, 0.717) is 5.02 Å². The average molecular weight is 335 g/mol. The fourth-order valence-electron chi connectivity index (χ4n) is 1.94. The summed E-state index contributed by atoms with van der Waals surface area (Å²) >= 11 is 9.41. The Labute approximate surface area is 123 Å². The zero-order chi connectivity index (χ0) is 13.2. The Kier molecular flexibility index (Phi) is 3.36. The standard InChI is InChI=1S/C14H9BrClN3/c15-13-7-9(4-5-17-13)12-8-18-19-14(12)10-2-1-3-11(16)6-10/h1-8H,(H,18,19). The number of rotatable bonds is 2. The number of aromatic amines is 1. The van der Waals surface area contributed by atoms with E-state index in [-0.39, 0.29) is 0 Å². The maximum absolute atomic E-state index is 6.03. The van der Waals surface area contributed by atoms with E-state index < -0.39 is 0 Å². The molecule has 3 aromatic rings. The van der Waals surface area contributed by atoms with Crippen LogP contribution in [0.3, 0.4) is 0 Å². The van der Waals surface area contributed by atoms with Crippen molar-refractivity contribution in [1.29, 1.82) is 0 Å². The van der Waals surface area contributed by atoms with Gasteiger partial charge in [0.1, 0.15) is 4.60 Å². The zero-order valence-corrected chi connectivity index (χ0v) is 12.1. The molecule has 0 aliphatic heterocycles. The lowest BCUT2D eigenvalue weighted by Gasteiger charge is -2.03. The van der Waals surface area contributed by atoms with Crippen molar-refractivity contribution in [2.75, 3.05) is 0 Å². The molecule has 0 saturated heterocycles. The largest absolute Gasteiger partial charge is 0.284 e. The average Bonchev–Trinajstić information content (AvgIpc) is 2.88. The third kappa shape index (κ3) is 2.55. The molecule has 0 aliphatic rings. The van der Waals surface area contributed by atoms with Gasteiger partial charge in [-0.3, -0.25) is 5.10 Å². The number of nitrogens with one attached hydrogen (secondary N) is 1. The molecule has 2 aromatic heterocycles. The molecule has 2 heterocycles. The molecular weight excluding hydrogens is 326 g/mol. The molecule has 0 saturated carbocycles. The van der Waals surface area contributed by atoms with Crippen LogP contribution in [0.2, 0.25) is 5.02 Å². The molecule has 0 unspecified atom stereocenters. The second kappa shape index (κ2) is 5.15. The van der Waals surface area contributed by atoms with Crippen molar-refractivity contribution in [3.05, 3.63) is 58.4 Å². The van der Waals surface area contributed by atoms with E-state index in [1.807, 2.05) is 42.6 Å². The predicted molar refractivity (Wildman–Crippen MR) is 80.0 cm³/mol. The first-order valence-electron chi connectivity index (χ1n) is 5.66. The van der Waals surface area contributed by atoms with Crippen LogP contribution in [-0.2, 0) is 0 Å². The maximum atomic E-state index is 6.03. The molecule has 5 heteroatoms. The first-order valence-corrected chi connectivity index (χ1v) is 6.83. The van der Waals surface area contributed by atoms with Crippen LogP contribution >= 0.6 is 27.5 Å². The van der Waals surface area contributed by atoms with Crippen LogP contribution < -0.4 is 0 Å². The number of H-pyrrole nitrogens is 1. The fourth-order valence-corrected chi connectivity index (χ4v) is 2.49. The van der Waals surface area contributed by atoms with E-state index in [0.717, 1.165) is 27.0 Å². The van der Waals surface area contributed by atoms with Gasteiger partial charge < -0.3 is 0 Å². The fraction of sp³-hybridized carbons (Fsp3) is 0. The number of hydrogen-bond acceptors (Lipinski definition) is 2. The molecule has 3 nitrogen and oxygen atoms in total. The molecule has 0 amide bonds. The van der Waals surface area contributed by atoms with Gasteiger partial charge in [0.2, 0.25) is 0 Å². The summed E-state index contributed by atoms with van der Waals surface area (Å²) < 4.78 is 0.795. The normalized spacial score (nSPS) is 10.6. The van der Waals surface area contributed by atoms with Crippen molar-refractivity contribution in [2.24, 2.45) is 0 Å². The van der Waals surface area contributed by atoms with Crippen LogP contribution in [0, 0.1) is 0 Å². The van der Waals surface area contributed by atoms with Crippen molar-refractivity contribution >= 4 is 27.5 Å². The van der Waals surface area contributed by atoms with Crippen LogP contribution in [-0.4, -0.2) is 15.2 Å². The molecule has 0 atom stereocenters. The molecule has 0 radical (unpaired) electrons. The van der Waals surface area contributed by atoms with Crippen LogP contribution in [0.15, 0.2) is 53.4 Å². The van der Waals surface area contributed by atoms with Gasteiger partial charge in [0.25, 0.3) is 0 Å². The van der Waals surface area contributed by atoms with Crippen LogP contribution in [0.4, 0.5) is 0 Å². The minimum atomic E-state index is 0.697. The Morgan fingerprint density at radius 3 is 2.79 bits per heavy atom. The molecule has 0 spiro atoms. The second-order valence-corrected chi connectivity index (χ2v) is 5.27. The van der Waals surface area contributed by atoms with E-state index in [1.54, 1.807) is 6.20 Å². The molecule has 3 rings (SSSR count). The van der Waals surface area contributed by atoms with Gasteiger partial charge in [-0.1, -0.05) is 23.7 Å². The maximum Gasteiger partial charge on any atom is 0.106 e. The van der Waals surface area contributed by atoms with Crippen molar-refractivity contribution in [3.8, 4) is 22.4 Å². The summed E-state index contributed by atoms with van der Waals surface area (Å²) in [7, 11) is 0. The van der Waals surface area contributed by atoms with Gasteiger partial charge in [-0.05, 0) is 45.8 Å². The van der Waals surface area contributed by atoms with E-state index in [2.05, 4.69) is 31.1 Å². The lowest BCUT2D eigenvalue weighted by Crippen LogP contribution is -1.84. The molecule has 0 bridgehead atoms. The van der Waals surface area contributed by atoms with Gasteiger partial charge in [-0.25, -0.2) is 4.98 Å². The predicted octanol–water partition coefficient (Wildman–Crippen LogP) is 4.55. The Bertz CT molecular complexity index is 664. The summed E-state index contributed by atoms with van der Waals surface area (Å²) in [6.07, 6.45) is 3.63. The monoisotopic (exact) mass is 333 g/mol. The Balaban J connectivity index is 2.13. The highest BCUT2D eigenvalue weighted by Gasteiger charge is 2.11. The summed E-state index contributed by atoms with van der Waals surface area (Å²) in [5, 5.41) is 7.92. The summed E-state index contributed by atoms with van der Waals surface area (Å²) in [6.45, 7) is 0. The summed E-state index contributed by atoms with van der Waals surface area (Å²) in [5.74, 6) is 0. The third-order valence-electron chi connectivity index (χ3n) is 2.78. The van der Waals surface area contributed by atoms with Crippen LogP contribution in [0.25, 0.3) is 22.4 Å². The number of aromatic nitrogens is 3. The van der Waals surface area contributed by atoms with Gasteiger partial charge in [-0.2, -0.15) is 5.10 Å². The van der Waals surface area contributed by atoms with Gasteiger partial charge in [0.05, 0.1) is 5.69 Å². The van der Waals surface area contributed by atoms with E-state index in [4.69, 9.17) is 11.6 Å². The summed E-state index contributed by atoms with van der Waals surface area (Å²) in [4.78, 5) is 4.13. The zero-order valence-electron chi connectivity index (χ0n) is 9.77. The van der Waals surface area contributed by atoms with Crippen LogP contribution in [0.5, 0.6) is 0 Å². The number of benzene rings is 1. The highest BCUT2D eigenvalue weighted by molar-refractivity contribution is 9.10. The lowest BCUT2D eigenvalue weighted by molar-refractivity contribution is 1.10. The second-order valence-electron chi connectivity index (χ2n) is 4.03. The molecule has 94 valence electrons. The smallest absolute Gasteiger partial charge is 0.106 e. The number of nitrogens with zero attached hydrogens (tertiary/aromatic N) is 2. The summed E-state index contributed by atoms with van der Waals surface area (Å²) in [6, 6.07) is 11.6. The Hall–Kier alpha value is -1.65. The Morgan fingerprint density at radius 1 is 1.11 bits per heavy atom. The molecule has 1 N–H and O–H groups in total. The van der Waals surface area contributed by atoms with Crippen molar-refractivity contribution in [1.82, 2.24) is 15.2 Å². The molecule has 0 aliphatic carbocycles. The molecular formula is C14H9BrClN3. The van der Waals surface area contributed by atoms with E-state index in [1.165, 1.54) is 0 Å². The SMILES string of the molecule is Clc1cccc(-c2n[nH]cc2-c2ccnc(Br)c2)c1. The van der Waals surface area contributed by atoms with E-state index in [9.17, 15) is 0 Å². The Morgan fingerprint density at radius 2 is 2.00 bits per heavy atom. The van der Waals surface area contributed by atoms with Crippen molar-refractivity contribution < 1.29 is 0 Å². The van der Waals surface area contributed by atoms with Crippen molar-refractivity contribution in [2.45, 2.75) is 0 Å². The number of halogens is 2. The van der Waals surface area contributed by atoms with Crippen LogP contribution in [0.1, 0.15) is 0 Å². The van der Waals surface area contributed by atoms with E-state index >= 15 is 0 Å². The minimum absolute atomic E-state index is 0.697. The molecule has 19 heavy (non-hydrogen) atoms. The quantitative estimate of drug-likeness (QED) is 0.698. The third-order valence-corrected chi connectivity index (χ3v) is 3.44. The van der Waals surface area contributed by atoms with Gasteiger partial charge >= 0.3 is 0 Å². The summed E-state index contributed by atoms with van der Waals surface area (Å²) in [5.41, 5.74) is 3.92. The van der Waals surface area contributed by atoms with Crippen molar-refractivity contribution in [3.63, 3.8) is 0 Å². The first kappa shape index (κ1) is 12.4. The topological polar surface area (TPSA) is 41.6 Å². The minimum Gasteiger partial charge on any atom is -0.284 e. The molecule has 1 aromatic carbocycles. The van der Waals surface area contributed by atoms with Gasteiger partial charge in [0.15, 0.2) is 0 Å². The number of hydrogen-bond donors (Lipinski definition) is 1. The molecule has 0 fully saturated rings.